The van der Waals surface area contributed by atoms with Gasteiger partial charge in [0.25, 0.3) is 0 Å². The third-order valence-electron chi connectivity index (χ3n) is 3.44. The smallest absolute Gasteiger partial charge is 0.408 e. The molecule has 6 nitrogen and oxygen atoms in total. The summed E-state index contributed by atoms with van der Waals surface area (Å²) in [4.78, 5) is 24.4. The highest BCUT2D eigenvalue weighted by atomic mass is 16.6. The van der Waals surface area contributed by atoms with E-state index in [9.17, 15) is 14.7 Å². The Morgan fingerprint density at radius 3 is 1.90 bits per heavy atom. The van der Waals surface area contributed by atoms with Crippen molar-refractivity contribution in [3.05, 3.63) is 0 Å². The van der Waals surface area contributed by atoms with E-state index in [1.165, 1.54) is 0 Å². The van der Waals surface area contributed by atoms with Crippen molar-refractivity contribution in [3.8, 4) is 0 Å². The Bertz CT molecular complexity index is 421. The molecule has 0 aromatic heterocycles. The van der Waals surface area contributed by atoms with E-state index in [4.69, 9.17) is 9.47 Å². The third-order valence-corrected chi connectivity index (χ3v) is 3.44. The first-order chi connectivity index (χ1) is 9.33. The lowest BCUT2D eigenvalue weighted by Gasteiger charge is -2.27. The molecular weight excluding hydrogens is 274 g/mol. The monoisotopic (exact) mass is 301 g/mol. The lowest BCUT2D eigenvalue weighted by Crippen LogP contribution is -2.50. The van der Waals surface area contributed by atoms with Crippen LogP contribution in [0, 0.1) is 11.8 Å². The lowest BCUT2D eigenvalue weighted by atomic mass is 10.1. The van der Waals surface area contributed by atoms with Crippen LogP contribution in [-0.2, 0) is 14.3 Å². The maximum atomic E-state index is 12.4. The first-order valence-corrected chi connectivity index (χ1v) is 7.19. The van der Waals surface area contributed by atoms with Gasteiger partial charge in [0.15, 0.2) is 0 Å². The molecule has 0 aromatic carbocycles. The Morgan fingerprint density at radius 1 is 1.10 bits per heavy atom. The van der Waals surface area contributed by atoms with Gasteiger partial charge in [0.05, 0.1) is 0 Å². The van der Waals surface area contributed by atoms with Crippen molar-refractivity contribution in [2.75, 3.05) is 6.61 Å². The van der Waals surface area contributed by atoms with Crippen LogP contribution in [0.2, 0.25) is 0 Å². The normalized spacial score (nSPS) is 28.8. The van der Waals surface area contributed by atoms with E-state index in [0.29, 0.717) is 0 Å². The van der Waals surface area contributed by atoms with Gasteiger partial charge in [-0.3, -0.25) is 0 Å². The van der Waals surface area contributed by atoms with Crippen LogP contribution in [-0.4, -0.2) is 40.5 Å². The number of esters is 1. The summed E-state index contributed by atoms with van der Waals surface area (Å²) in [6.07, 6.45) is -0.684. The summed E-state index contributed by atoms with van der Waals surface area (Å²) in [6.45, 7) is 12.1. The summed E-state index contributed by atoms with van der Waals surface area (Å²) in [5.41, 5.74) is -2.53. The van der Waals surface area contributed by atoms with Crippen molar-refractivity contribution in [1.82, 2.24) is 5.32 Å². The van der Waals surface area contributed by atoms with Crippen LogP contribution in [0.3, 0.4) is 0 Å². The highest BCUT2D eigenvalue weighted by Crippen LogP contribution is 2.51. The molecule has 1 amide bonds. The zero-order valence-electron chi connectivity index (χ0n) is 13.9. The van der Waals surface area contributed by atoms with E-state index in [-0.39, 0.29) is 18.4 Å². The summed E-state index contributed by atoms with van der Waals surface area (Å²) in [5.74, 6) is -1.10. The molecule has 0 aliphatic heterocycles. The molecule has 21 heavy (non-hydrogen) atoms. The van der Waals surface area contributed by atoms with Crippen molar-refractivity contribution in [1.29, 1.82) is 0 Å². The van der Waals surface area contributed by atoms with Crippen molar-refractivity contribution in [3.63, 3.8) is 0 Å². The van der Waals surface area contributed by atoms with Crippen LogP contribution in [0.5, 0.6) is 0 Å². The summed E-state index contributed by atoms with van der Waals surface area (Å²) in [6, 6.07) is 0. The summed E-state index contributed by atoms with van der Waals surface area (Å²) < 4.78 is 10.6. The third kappa shape index (κ3) is 4.09. The molecule has 1 fully saturated rings. The summed E-state index contributed by atoms with van der Waals surface area (Å²) >= 11 is 0. The van der Waals surface area contributed by atoms with E-state index in [0.717, 1.165) is 0 Å². The zero-order chi connectivity index (χ0) is 16.6. The highest BCUT2D eigenvalue weighted by Gasteiger charge is 2.69. The summed E-state index contributed by atoms with van der Waals surface area (Å²) in [5, 5.41) is 12.0. The fourth-order valence-electron chi connectivity index (χ4n) is 2.38. The van der Waals surface area contributed by atoms with E-state index in [1.54, 1.807) is 48.5 Å². The molecule has 0 spiro atoms. The van der Waals surface area contributed by atoms with Crippen LogP contribution < -0.4 is 5.32 Å². The van der Waals surface area contributed by atoms with Crippen molar-refractivity contribution >= 4 is 12.1 Å². The van der Waals surface area contributed by atoms with E-state index in [1.807, 2.05) is 0 Å². The van der Waals surface area contributed by atoms with Gasteiger partial charge in [0.2, 0.25) is 0 Å². The van der Waals surface area contributed by atoms with Crippen LogP contribution in [0.4, 0.5) is 4.79 Å². The molecule has 2 N–H and O–H groups in total. The van der Waals surface area contributed by atoms with Gasteiger partial charge < -0.3 is 19.9 Å². The van der Waals surface area contributed by atoms with Gasteiger partial charge in [-0.1, -0.05) is 6.92 Å². The standard InChI is InChI=1S/C15H27NO5/c1-9-10(8-17)15(9,11(18)20-13(2,3)4)16-12(19)21-14(5,6)7/h9-10,17H,8H2,1-7H3,(H,16,19)/t9?,10-,15+/m0/s1. The van der Waals surface area contributed by atoms with Gasteiger partial charge >= 0.3 is 12.1 Å². The molecule has 1 aliphatic rings. The molecule has 0 saturated heterocycles. The minimum atomic E-state index is -1.20. The molecule has 122 valence electrons. The maximum Gasteiger partial charge on any atom is 0.408 e. The maximum absolute atomic E-state index is 12.4. The van der Waals surface area contributed by atoms with Gasteiger partial charge in [-0.25, -0.2) is 9.59 Å². The van der Waals surface area contributed by atoms with Crippen molar-refractivity contribution < 1.29 is 24.2 Å². The van der Waals surface area contributed by atoms with Crippen LogP contribution in [0.25, 0.3) is 0 Å². The van der Waals surface area contributed by atoms with Crippen molar-refractivity contribution in [2.24, 2.45) is 11.8 Å². The van der Waals surface area contributed by atoms with E-state index >= 15 is 0 Å². The molecule has 0 radical (unpaired) electrons. The fourth-order valence-corrected chi connectivity index (χ4v) is 2.38. The number of nitrogens with one attached hydrogen (secondary N) is 1. The van der Waals surface area contributed by atoms with E-state index in [2.05, 4.69) is 5.32 Å². The highest BCUT2D eigenvalue weighted by molar-refractivity contribution is 5.90. The molecule has 1 aliphatic carbocycles. The van der Waals surface area contributed by atoms with Gasteiger partial charge in [0, 0.05) is 12.5 Å². The number of carbonyl (C=O) groups excluding carboxylic acids is 2. The second-order valence-electron chi connectivity index (χ2n) is 7.58. The van der Waals surface area contributed by atoms with Gasteiger partial charge in [-0.05, 0) is 47.5 Å². The Morgan fingerprint density at radius 2 is 1.57 bits per heavy atom. The van der Waals surface area contributed by atoms with Gasteiger partial charge in [-0.2, -0.15) is 0 Å². The van der Waals surface area contributed by atoms with Crippen LogP contribution in [0.1, 0.15) is 48.5 Å². The minimum absolute atomic E-state index is 0.198. The molecule has 0 aromatic rings. The average molecular weight is 301 g/mol. The number of aliphatic hydroxyl groups is 1. The molecule has 6 heteroatoms. The molecule has 0 heterocycles. The largest absolute Gasteiger partial charge is 0.458 e. The quantitative estimate of drug-likeness (QED) is 0.777. The zero-order valence-corrected chi connectivity index (χ0v) is 13.9. The topological polar surface area (TPSA) is 84.9 Å². The number of carbonyl (C=O) groups is 2. The number of alkyl carbamates (subject to hydrolysis) is 1. The lowest BCUT2D eigenvalue weighted by molar-refractivity contribution is -0.160. The number of hydrogen-bond donors (Lipinski definition) is 2. The number of amides is 1. The minimum Gasteiger partial charge on any atom is -0.458 e. The Balaban J connectivity index is 2.88. The number of ether oxygens (including phenoxy) is 2. The van der Waals surface area contributed by atoms with E-state index < -0.39 is 28.8 Å². The van der Waals surface area contributed by atoms with Crippen molar-refractivity contribution in [2.45, 2.75) is 65.2 Å². The van der Waals surface area contributed by atoms with Gasteiger partial charge in [-0.15, -0.1) is 0 Å². The average Bonchev–Trinajstić information content (AvgIpc) is 2.78. The molecule has 1 saturated carbocycles. The molecule has 0 bridgehead atoms. The first-order valence-electron chi connectivity index (χ1n) is 7.19. The second kappa shape index (κ2) is 5.48. The Kier molecular flexibility index (Phi) is 4.63. The predicted molar refractivity (Wildman–Crippen MR) is 77.7 cm³/mol. The first kappa shape index (κ1) is 17.8. The molecular formula is C15H27NO5. The number of aliphatic hydroxyl groups excluding tert-OH is 1. The fraction of sp³-hybridized carbons (Fsp3) is 0.867. The predicted octanol–water partition coefficient (Wildman–Crippen LogP) is 1.85. The Hall–Kier alpha value is -1.30. The summed E-state index contributed by atoms with van der Waals surface area (Å²) in [7, 11) is 0. The molecule has 1 unspecified atom stereocenters. The van der Waals surface area contributed by atoms with Gasteiger partial charge in [0.1, 0.15) is 16.7 Å². The van der Waals surface area contributed by atoms with Crippen LogP contribution >= 0.6 is 0 Å². The second-order valence-corrected chi connectivity index (χ2v) is 7.58. The SMILES string of the molecule is CC1[C@H](CO)[C@@]1(NC(=O)OC(C)(C)C)C(=O)OC(C)(C)C. The number of rotatable bonds is 3. The molecule has 1 rings (SSSR count). The Labute approximate surface area is 126 Å². The molecule has 3 atom stereocenters. The number of hydrogen-bond acceptors (Lipinski definition) is 5. The van der Waals surface area contributed by atoms with Crippen LogP contribution in [0.15, 0.2) is 0 Å².